The number of rotatable bonds is 6. The summed E-state index contributed by atoms with van der Waals surface area (Å²) in [5, 5.41) is 4.69. The molecule has 0 aliphatic heterocycles. The van der Waals surface area contributed by atoms with Crippen LogP contribution >= 0.6 is 11.6 Å². The summed E-state index contributed by atoms with van der Waals surface area (Å²) < 4.78 is 7.58. The summed E-state index contributed by atoms with van der Waals surface area (Å²) in [6.45, 7) is 8.18. The Morgan fingerprint density at radius 3 is 2.48 bits per heavy atom. The Hall–Kier alpha value is -3.05. The second kappa shape index (κ2) is 8.97. The lowest BCUT2D eigenvalue weighted by Crippen LogP contribution is -2.24. The van der Waals surface area contributed by atoms with Crippen LogP contribution in [0.4, 0.5) is 0 Å². The average molecular weight is 410 g/mol. The quantitative estimate of drug-likeness (QED) is 0.465. The molecule has 29 heavy (non-hydrogen) atoms. The maximum Gasteiger partial charge on any atom is 0.277 e. The molecular formula is C23H24ClN3O2. The number of nitrogens with zero attached hydrogens (tertiary/aromatic N) is 2. The van der Waals surface area contributed by atoms with Gasteiger partial charge in [0, 0.05) is 27.7 Å². The Kier molecular flexibility index (Phi) is 6.39. The third kappa shape index (κ3) is 5.06. The molecular weight excluding hydrogens is 386 g/mol. The number of hydrogen-bond acceptors (Lipinski definition) is 3. The first kappa shape index (κ1) is 20.7. The summed E-state index contributed by atoms with van der Waals surface area (Å²) >= 11 is 5.82. The van der Waals surface area contributed by atoms with Gasteiger partial charge in [-0.25, -0.2) is 5.43 Å². The Labute approximate surface area is 176 Å². The molecule has 0 saturated carbocycles. The van der Waals surface area contributed by atoms with E-state index in [1.54, 1.807) is 30.5 Å². The maximum absolute atomic E-state index is 11.9. The highest BCUT2D eigenvalue weighted by Crippen LogP contribution is 2.22. The molecule has 0 atom stereocenters. The summed E-state index contributed by atoms with van der Waals surface area (Å²) in [4.78, 5) is 11.9. The van der Waals surface area contributed by atoms with Gasteiger partial charge >= 0.3 is 0 Å². The van der Waals surface area contributed by atoms with E-state index in [1.165, 1.54) is 11.1 Å². The van der Waals surface area contributed by atoms with Crippen molar-refractivity contribution in [1.82, 2.24) is 9.99 Å². The molecule has 5 nitrogen and oxygen atoms in total. The molecule has 6 heteroatoms. The van der Waals surface area contributed by atoms with E-state index < -0.39 is 0 Å². The van der Waals surface area contributed by atoms with Crippen LogP contribution in [0.1, 0.15) is 28.1 Å². The minimum Gasteiger partial charge on any atom is -0.484 e. The Morgan fingerprint density at radius 2 is 1.79 bits per heavy atom. The molecule has 0 aliphatic rings. The van der Waals surface area contributed by atoms with Crippen molar-refractivity contribution in [3.8, 4) is 11.4 Å². The number of ether oxygens (including phenoxy) is 1. The van der Waals surface area contributed by atoms with E-state index in [4.69, 9.17) is 16.3 Å². The van der Waals surface area contributed by atoms with Crippen molar-refractivity contribution in [3.05, 3.63) is 81.6 Å². The molecule has 0 saturated heterocycles. The van der Waals surface area contributed by atoms with Gasteiger partial charge in [-0.05, 0) is 81.3 Å². The van der Waals surface area contributed by atoms with Crippen LogP contribution in [0.2, 0.25) is 5.02 Å². The van der Waals surface area contributed by atoms with Gasteiger partial charge in [0.05, 0.1) is 6.21 Å². The van der Waals surface area contributed by atoms with Crippen LogP contribution in [0, 0.1) is 27.7 Å². The third-order valence-corrected chi connectivity index (χ3v) is 5.05. The van der Waals surface area contributed by atoms with Crippen LogP contribution in [0.5, 0.6) is 5.75 Å². The standard InChI is InChI=1S/C23H24ClN3O2/c1-15-5-8-21(11-16(15)2)27-17(3)12-19(18(27)4)13-25-26-23(28)14-29-22-9-6-20(24)7-10-22/h5-13H,14H2,1-4H3,(H,26,28)/b25-13-. The van der Waals surface area contributed by atoms with Gasteiger partial charge in [0.15, 0.2) is 6.61 Å². The minimum atomic E-state index is -0.334. The van der Waals surface area contributed by atoms with Crippen molar-refractivity contribution in [2.24, 2.45) is 5.10 Å². The number of carbonyl (C=O) groups excluding carboxylic acids is 1. The van der Waals surface area contributed by atoms with Crippen LogP contribution < -0.4 is 10.2 Å². The molecule has 0 aliphatic carbocycles. The first-order chi connectivity index (χ1) is 13.8. The van der Waals surface area contributed by atoms with Gasteiger partial charge in [0.25, 0.3) is 5.91 Å². The van der Waals surface area contributed by atoms with E-state index in [0.29, 0.717) is 10.8 Å². The van der Waals surface area contributed by atoms with Crippen molar-refractivity contribution < 1.29 is 9.53 Å². The van der Waals surface area contributed by atoms with E-state index >= 15 is 0 Å². The van der Waals surface area contributed by atoms with Crippen molar-refractivity contribution in [2.45, 2.75) is 27.7 Å². The van der Waals surface area contributed by atoms with Gasteiger partial charge in [-0.3, -0.25) is 4.79 Å². The number of halogens is 1. The predicted molar refractivity (Wildman–Crippen MR) is 117 cm³/mol. The first-order valence-corrected chi connectivity index (χ1v) is 9.70. The van der Waals surface area contributed by atoms with Crippen molar-refractivity contribution in [3.63, 3.8) is 0 Å². The van der Waals surface area contributed by atoms with Gasteiger partial charge in [0.1, 0.15) is 5.75 Å². The topological polar surface area (TPSA) is 55.6 Å². The molecule has 2 aromatic carbocycles. The van der Waals surface area contributed by atoms with E-state index in [1.807, 2.05) is 13.0 Å². The fourth-order valence-corrected chi connectivity index (χ4v) is 3.19. The Balaban J connectivity index is 1.64. The molecule has 3 aromatic rings. The number of nitrogens with one attached hydrogen (secondary N) is 1. The predicted octanol–water partition coefficient (Wildman–Crippen LogP) is 4.89. The fraction of sp³-hybridized carbons (Fsp3) is 0.217. The molecule has 0 bridgehead atoms. The molecule has 0 fully saturated rings. The number of amides is 1. The van der Waals surface area contributed by atoms with E-state index in [2.05, 4.69) is 54.1 Å². The van der Waals surface area contributed by atoms with Gasteiger partial charge in [-0.1, -0.05) is 17.7 Å². The van der Waals surface area contributed by atoms with E-state index in [9.17, 15) is 4.79 Å². The first-order valence-electron chi connectivity index (χ1n) is 9.32. The second-order valence-electron chi connectivity index (χ2n) is 6.97. The van der Waals surface area contributed by atoms with E-state index in [0.717, 1.165) is 22.6 Å². The van der Waals surface area contributed by atoms with Gasteiger partial charge < -0.3 is 9.30 Å². The molecule has 1 heterocycles. The average Bonchev–Trinajstić information content (AvgIpc) is 2.97. The molecule has 0 spiro atoms. The molecule has 1 amide bonds. The normalized spacial score (nSPS) is 11.1. The summed E-state index contributed by atoms with van der Waals surface area (Å²) in [6.07, 6.45) is 1.65. The van der Waals surface area contributed by atoms with Crippen LogP contribution in [-0.2, 0) is 4.79 Å². The monoisotopic (exact) mass is 409 g/mol. The number of hydrazone groups is 1. The Morgan fingerprint density at radius 1 is 1.07 bits per heavy atom. The largest absolute Gasteiger partial charge is 0.484 e. The maximum atomic E-state index is 11.9. The van der Waals surface area contributed by atoms with Crippen LogP contribution in [0.15, 0.2) is 53.6 Å². The zero-order chi connectivity index (χ0) is 21.0. The smallest absolute Gasteiger partial charge is 0.277 e. The number of carbonyl (C=O) groups is 1. The lowest BCUT2D eigenvalue weighted by Gasteiger charge is -2.11. The van der Waals surface area contributed by atoms with Crippen molar-refractivity contribution in [1.29, 1.82) is 0 Å². The summed E-state index contributed by atoms with van der Waals surface area (Å²) in [7, 11) is 0. The van der Waals surface area contributed by atoms with Crippen molar-refractivity contribution >= 4 is 23.7 Å². The minimum absolute atomic E-state index is 0.124. The number of hydrogen-bond donors (Lipinski definition) is 1. The highest BCUT2D eigenvalue weighted by molar-refractivity contribution is 6.30. The molecule has 1 aromatic heterocycles. The van der Waals surface area contributed by atoms with Crippen molar-refractivity contribution in [2.75, 3.05) is 6.61 Å². The van der Waals surface area contributed by atoms with Gasteiger partial charge in [-0.15, -0.1) is 0 Å². The highest BCUT2D eigenvalue weighted by Gasteiger charge is 2.10. The van der Waals surface area contributed by atoms with Crippen LogP contribution in [0.3, 0.4) is 0 Å². The van der Waals surface area contributed by atoms with Gasteiger partial charge in [0.2, 0.25) is 0 Å². The lowest BCUT2D eigenvalue weighted by molar-refractivity contribution is -0.123. The molecule has 150 valence electrons. The zero-order valence-corrected chi connectivity index (χ0v) is 17.7. The fourth-order valence-electron chi connectivity index (χ4n) is 3.07. The lowest BCUT2D eigenvalue weighted by atomic mass is 10.1. The summed E-state index contributed by atoms with van der Waals surface area (Å²) in [6, 6.07) is 15.3. The number of aromatic nitrogens is 1. The summed E-state index contributed by atoms with van der Waals surface area (Å²) in [5.74, 6) is 0.240. The number of aryl methyl sites for hydroxylation is 3. The molecule has 3 rings (SSSR count). The van der Waals surface area contributed by atoms with Gasteiger partial charge in [-0.2, -0.15) is 5.10 Å². The third-order valence-electron chi connectivity index (χ3n) is 4.80. The van der Waals surface area contributed by atoms with Crippen LogP contribution in [-0.4, -0.2) is 23.3 Å². The van der Waals surface area contributed by atoms with E-state index in [-0.39, 0.29) is 12.5 Å². The number of benzene rings is 2. The highest BCUT2D eigenvalue weighted by atomic mass is 35.5. The summed E-state index contributed by atoms with van der Waals surface area (Å²) in [5.41, 5.74) is 9.23. The SMILES string of the molecule is Cc1ccc(-n2c(C)cc(/C=N\NC(=O)COc3ccc(Cl)cc3)c2C)cc1C. The molecule has 0 unspecified atom stereocenters. The molecule has 1 N–H and O–H groups in total. The zero-order valence-electron chi connectivity index (χ0n) is 17.0. The molecule has 0 radical (unpaired) electrons. The van der Waals surface area contributed by atoms with Crippen LogP contribution in [0.25, 0.3) is 5.69 Å². The Bertz CT molecular complexity index is 1050. The second-order valence-corrected chi connectivity index (χ2v) is 7.40.